The number of halogens is 4. The molecule has 11 heteroatoms. The van der Waals surface area contributed by atoms with Crippen molar-refractivity contribution in [2.75, 3.05) is 11.9 Å². The minimum Gasteiger partial charge on any atom is -0.343 e. The maximum Gasteiger partial charge on any atom is 0.419 e. The van der Waals surface area contributed by atoms with E-state index in [2.05, 4.69) is 15.6 Å². The number of aromatic nitrogens is 1. The highest BCUT2D eigenvalue weighted by Gasteiger charge is 2.35. The number of alkyl halides is 3. The van der Waals surface area contributed by atoms with Crippen LogP contribution in [0.1, 0.15) is 51.5 Å². The minimum absolute atomic E-state index is 0.00457. The molecule has 1 aromatic heterocycles. The van der Waals surface area contributed by atoms with E-state index in [9.17, 15) is 31.9 Å². The summed E-state index contributed by atoms with van der Waals surface area (Å²) in [6.07, 6.45) is -1.37. The number of carbonyl (C=O) groups excluding carboxylic acids is 3. The van der Waals surface area contributed by atoms with Crippen LogP contribution in [0.2, 0.25) is 0 Å². The fraction of sp³-hybridized carbons (Fsp3) is 0.333. The fourth-order valence-corrected chi connectivity index (χ4v) is 3.94. The molecule has 0 bridgehead atoms. The molecule has 0 saturated carbocycles. The predicted octanol–water partition coefficient (Wildman–Crippen LogP) is 4.14. The monoisotopic (exact) mass is 492 g/mol. The Labute approximate surface area is 198 Å². The van der Waals surface area contributed by atoms with Gasteiger partial charge in [0, 0.05) is 18.4 Å². The molecule has 2 amide bonds. The smallest absolute Gasteiger partial charge is 0.343 e. The van der Waals surface area contributed by atoms with Crippen LogP contribution in [0.25, 0.3) is 0 Å². The molecule has 1 aliphatic rings. The molecule has 35 heavy (non-hydrogen) atoms. The van der Waals surface area contributed by atoms with Crippen LogP contribution in [-0.4, -0.2) is 40.0 Å². The highest BCUT2D eigenvalue weighted by molar-refractivity contribution is 6.44. The average molecular weight is 492 g/mol. The van der Waals surface area contributed by atoms with Crippen molar-refractivity contribution in [3.8, 4) is 0 Å². The number of hydrogen-bond acceptors (Lipinski definition) is 4. The van der Waals surface area contributed by atoms with Gasteiger partial charge in [0.05, 0.1) is 28.9 Å². The highest BCUT2D eigenvalue weighted by atomic mass is 19.4. The number of amides is 2. The number of ketones is 1. The van der Waals surface area contributed by atoms with E-state index in [-0.39, 0.29) is 22.5 Å². The van der Waals surface area contributed by atoms with Crippen LogP contribution in [0.3, 0.4) is 0 Å². The second-order valence-electron chi connectivity index (χ2n) is 8.68. The van der Waals surface area contributed by atoms with Crippen LogP contribution in [0.4, 0.5) is 23.2 Å². The fourth-order valence-electron chi connectivity index (χ4n) is 3.94. The van der Waals surface area contributed by atoms with Crippen molar-refractivity contribution in [1.82, 2.24) is 9.88 Å². The third-order valence-electron chi connectivity index (χ3n) is 5.82. The summed E-state index contributed by atoms with van der Waals surface area (Å²) < 4.78 is 54.0. The normalized spacial score (nSPS) is 13.6. The maximum absolute atomic E-state index is 13.6. The third kappa shape index (κ3) is 5.03. The quantitative estimate of drug-likeness (QED) is 0.361. The van der Waals surface area contributed by atoms with E-state index in [4.69, 9.17) is 0 Å². The molecular weight excluding hydrogens is 468 g/mol. The van der Waals surface area contributed by atoms with Crippen molar-refractivity contribution in [3.63, 3.8) is 0 Å². The predicted molar refractivity (Wildman–Crippen MR) is 122 cm³/mol. The Balaban J connectivity index is 1.88. The largest absolute Gasteiger partial charge is 0.419 e. The van der Waals surface area contributed by atoms with E-state index in [1.807, 2.05) is 6.08 Å². The summed E-state index contributed by atoms with van der Waals surface area (Å²) >= 11 is 0. The van der Waals surface area contributed by atoms with E-state index in [0.29, 0.717) is 30.1 Å². The lowest BCUT2D eigenvalue weighted by Gasteiger charge is -2.25. The van der Waals surface area contributed by atoms with Gasteiger partial charge in [0.15, 0.2) is 0 Å². The van der Waals surface area contributed by atoms with Crippen LogP contribution in [0, 0.1) is 19.7 Å². The van der Waals surface area contributed by atoms with Crippen LogP contribution in [0.15, 0.2) is 35.3 Å². The molecule has 7 nitrogen and oxygen atoms in total. The summed E-state index contributed by atoms with van der Waals surface area (Å²) in [5.74, 6) is -4.05. The second kappa shape index (κ2) is 9.12. The van der Waals surface area contributed by atoms with Crippen LogP contribution >= 0.6 is 0 Å². The maximum atomic E-state index is 13.6. The molecule has 2 aromatic rings. The Kier molecular flexibility index (Phi) is 6.74. The second-order valence-corrected chi connectivity index (χ2v) is 8.68. The molecular formula is C24H24F4N4O3. The van der Waals surface area contributed by atoms with Crippen molar-refractivity contribution in [2.45, 2.75) is 39.4 Å². The van der Waals surface area contributed by atoms with Gasteiger partial charge in [0.25, 0.3) is 17.6 Å². The van der Waals surface area contributed by atoms with Gasteiger partial charge in [0.1, 0.15) is 11.5 Å². The lowest BCUT2D eigenvalue weighted by Crippen LogP contribution is -2.51. The van der Waals surface area contributed by atoms with E-state index >= 15 is 0 Å². The topological polar surface area (TPSA) is 92.6 Å². The van der Waals surface area contributed by atoms with E-state index in [1.165, 1.54) is 18.5 Å². The number of nitrogens with zero attached hydrogens (tertiary/aromatic N) is 2. The molecule has 0 atom stereocenters. The van der Waals surface area contributed by atoms with Gasteiger partial charge in [0.2, 0.25) is 0 Å². The highest BCUT2D eigenvalue weighted by Crippen LogP contribution is 2.33. The first-order valence-electron chi connectivity index (χ1n) is 10.6. The summed E-state index contributed by atoms with van der Waals surface area (Å²) in [6.45, 7) is 6.89. The standard InChI is InChI=1S/C24H24F4N4O3/c1-12-18(20(33)22(35)31-23(3,4)17-7-6-10-29-17)13(2)32(5)19(12)21(34)30-14-8-9-16(25)15(11-14)24(26,27)28/h6-9,11H,10H2,1-5H3,(H,30,34)(H,31,35). The van der Waals surface area contributed by atoms with E-state index in [0.717, 1.165) is 6.07 Å². The average Bonchev–Trinajstić information content (AvgIpc) is 3.36. The lowest BCUT2D eigenvalue weighted by atomic mass is 9.97. The molecule has 0 saturated heterocycles. The summed E-state index contributed by atoms with van der Waals surface area (Å²) in [5, 5.41) is 4.95. The summed E-state index contributed by atoms with van der Waals surface area (Å²) in [5.41, 5.74) is -1.63. The van der Waals surface area contributed by atoms with Crippen molar-refractivity contribution in [3.05, 3.63) is 64.2 Å². The van der Waals surface area contributed by atoms with Crippen molar-refractivity contribution >= 4 is 29.0 Å². The number of benzene rings is 1. The number of hydrogen-bond donors (Lipinski definition) is 2. The molecule has 0 fully saturated rings. The van der Waals surface area contributed by atoms with Gasteiger partial charge >= 0.3 is 6.18 Å². The molecule has 0 unspecified atom stereocenters. The van der Waals surface area contributed by atoms with Crippen LogP contribution in [0.5, 0.6) is 0 Å². The Morgan fingerprint density at radius 1 is 1.11 bits per heavy atom. The number of carbonyl (C=O) groups is 3. The first-order valence-corrected chi connectivity index (χ1v) is 10.6. The first-order chi connectivity index (χ1) is 16.1. The Hall–Kier alpha value is -3.76. The zero-order valence-corrected chi connectivity index (χ0v) is 19.7. The van der Waals surface area contributed by atoms with Crippen molar-refractivity contribution in [1.29, 1.82) is 0 Å². The molecule has 1 aliphatic heterocycles. The van der Waals surface area contributed by atoms with Crippen LogP contribution < -0.4 is 10.6 Å². The number of aliphatic imine (C=N–C) groups is 1. The van der Waals surface area contributed by atoms with Gasteiger partial charge in [-0.2, -0.15) is 13.2 Å². The molecule has 0 radical (unpaired) electrons. The SMILES string of the molecule is Cc1c(C(=O)C(=O)NC(C)(C)C2=NCC=C2)c(C)n(C)c1C(=O)Nc1ccc(F)c(C(F)(F)F)c1. The summed E-state index contributed by atoms with van der Waals surface area (Å²) in [4.78, 5) is 43.0. The van der Waals surface area contributed by atoms with Gasteiger partial charge < -0.3 is 15.2 Å². The summed E-state index contributed by atoms with van der Waals surface area (Å²) in [7, 11) is 1.49. The van der Waals surface area contributed by atoms with Crippen LogP contribution in [-0.2, 0) is 18.0 Å². The lowest BCUT2D eigenvalue weighted by molar-refractivity contribution is -0.140. The molecule has 0 spiro atoms. The third-order valence-corrected chi connectivity index (χ3v) is 5.82. The molecule has 0 aliphatic carbocycles. The Bertz CT molecular complexity index is 1290. The number of nitrogens with one attached hydrogen (secondary N) is 2. The zero-order valence-electron chi connectivity index (χ0n) is 19.7. The minimum atomic E-state index is -4.94. The molecule has 1 aromatic carbocycles. The van der Waals surface area contributed by atoms with Gasteiger partial charge in [-0.1, -0.05) is 6.08 Å². The van der Waals surface area contributed by atoms with Gasteiger partial charge in [-0.15, -0.1) is 0 Å². The van der Waals surface area contributed by atoms with Crippen molar-refractivity contribution < 1.29 is 31.9 Å². The van der Waals surface area contributed by atoms with Gasteiger partial charge in [-0.3, -0.25) is 19.4 Å². The summed E-state index contributed by atoms with van der Waals surface area (Å²) in [6, 6.07) is 2.09. The Morgan fingerprint density at radius 2 is 1.77 bits per heavy atom. The molecule has 3 rings (SSSR count). The molecule has 186 valence electrons. The zero-order chi connectivity index (χ0) is 26.3. The molecule has 2 heterocycles. The van der Waals surface area contributed by atoms with E-state index in [1.54, 1.807) is 26.8 Å². The van der Waals surface area contributed by atoms with Gasteiger partial charge in [-0.05, 0) is 57.5 Å². The van der Waals surface area contributed by atoms with E-state index < -0.39 is 40.7 Å². The number of Topliss-reactive ketones (excluding diaryl/α,β-unsaturated/α-hetero) is 1. The van der Waals surface area contributed by atoms with Crippen molar-refractivity contribution in [2.24, 2.45) is 12.0 Å². The molecule has 2 N–H and O–H groups in total. The number of rotatable bonds is 6. The van der Waals surface area contributed by atoms with Gasteiger partial charge in [-0.25, -0.2) is 4.39 Å². The Morgan fingerprint density at radius 3 is 2.34 bits per heavy atom. The number of anilines is 1. The first kappa shape index (κ1) is 25.9.